The van der Waals surface area contributed by atoms with Gasteiger partial charge >= 0.3 is 0 Å². The Morgan fingerprint density at radius 1 is 1.21 bits per heavy atom. The highest BCUT2D eigenvalue weighted by atomic mass is 16.5. The maximum atomic E-state index is 12.1. The van der Waals surface area contributed by atoms with Crippen LogP contribution < -0.4 is 10.1 Å². The minimum atomic E-state index is -0.280. The molecule has 1 N–H and O–H groups in total. The molecule has 0 saturated heterocycles. The van der Waals surface area contributed by atoms with E-state index in [4.69, 9.17) is 4.74 Å². The van der Waals surface area contributed by atoms with Crippen LogP contribution >= 0.6 is 0 Å². The van der Waals surface area contributed by atoms with Crippen LogP contribution in [0, 0.1) is 13.8 Å². The number of methoxy groups -OCH3 is 1. The van der Waals surface area contributed by atoms with Crippen LogP contribution in [0.15, 0.2) is 30.6 Å². The van der Waals surface area contributed by atoms with Crippen molar-refractivity contribution in [3.05, 3.63) is 47.4 Å². The van der Waals surface area contributed by atoms with Gasteiger partial charge in [0.05, 0.1) is 7.11 Å². The van der Waals surface area contributed by atoms with Crippen LogP contribution in [0.3, 0.4) is 0 Å². The van der Waals surface area contributed by atoms with Crippen LogP contribution in [0.1, 0.15) is 21.6 Å². The molecule has 0 spiro atoms. The number of rotatable bonds is 3. The zero-order valence-corrected chi connectivity index (χ0v) is 11.1. The van der Waals surface area contributed by atoms with Crippen molar-refractivity contribution in [2.45, 2.75) is 13.8 Å². The SMILES string of the molecule is COc1cc(C(=O)Nc2c(C)cccc2C)ncn1. The second kappa shape index (κ2) is 5.48. The number of benzene rings is 1. The van der Waals surface area contributed by atoms with Gasteiger partial charge in [-0.25, -0.2) is 9.97 Å². The third-order valence-corrected chi connectivity index (χ3v) is 2.80. The molecule has 98 valence electrons. The Kier molecular flexibility index (Phi) is 3.75. The smallest absolute Gasteiger partial charge is 0.274 e. The normalized spacial score (nSPS) is 10.1. The lowest BCUT2D eigenvalue weighted by Crippen LogP contribution is -2.15. The summed E-state index contributed by atoms with van der Waals surface area (Å²) in [6.07, 6.45) is 1.30. The fourth-order valence-corrected chi connectivity index (χ4v) is 1.76. The highest BCUT2D eigenvalue weighted by Crippen LogP contribution is 2.20. The third-order valence-electron chi connectivity index (χ3n) is 2.80. The Morgan fingerprint density at radius 3 is 2.53 bits per heavy atom. The van der Waals surface area contributed by atoms with Crippen LogP contribution in [0.25, 0.3) is 0 Å². The maximum absolute atomic E-state index is 12.1. The number of hydrogen-bond acceptors (Lipinski definition) is 4. The summed E-state index contributed by atoms with van der Waals surface area (Å²) in [5, 5.41) is 2.86. The van der Waals surface area contributed by atoms with Crippen molar-refractivity contribution in [3.63, 3.8) is 0 Å². The van der Waals surface area contributed by atoms with E-state index in [0.29, 0.717) is 5.88 Å². The molecule has 0 fully saturated rings. The maximum Gasteiger partial charge on any atom is 0.274 e. The fraction of sp³-hybridized carbons (Fsp3) is 0.214. The fourth-order valence-electron chi connectivity index (χ4n) is 1.76. The number of ether oxygens (including phenoxy) is 1. The minimum Gasteiger partial charge on any atom is -0.481 e. The molecule has 0 atom stereocenters. The molecule has 0 saturated carbocycles. The van der Waals surface area contributed by atoms with Crippen molar-refractivity contribution in [2.75, 3.05) is 12.4 Å². The lowest BCUT2D eigenvalue weighted by atomic mass is 10.1. The molecule has 0 aliphatic rings. The van der Waals surface area contributed by atoms with Gasteiger partial charge in [0.1, 0.15) is 12.0 Å². The molecular weight excluding hydrogens is 242 g/mol. The molecule has 0 radical (unpaired) electrons. The summed E-state index contributed by atoms with van der Waals surface area (Å²) < 4.78 is 4.97. The molecule has 0 aliphatic carbocycles. The average molecular weight is 257 g/mol. The van der Waals surface area contributed by atoms with Crippen molar-refractivity contribution < 1.29 is 9.53 Å². The summed E-state index contributed by atoms with van der Waals surface area (Å²) in [6.45, 7) is 3.90. The Bertz CT molecular complexity index is 591. The first-order chi connectivity index (χ1) is 9.11. The number of carbonyl (C=O) groups excluding carboxylic acids is 1. The van der Waals surface area contributed by atoms with Crippen molar-refractivity contribution in [3.8, 4) is 5.88 Å². The number of anilines is 1. The second-order valence-electron chi connectivity index (χ2n) is 4.17. The molecule has 0 aliphatic heterocycles. The third kappa shape index (κ3) is 2.88. The molecule has 2 rings (SSSR count). The second-order valence-corrected chi connectivity index (χ2v) is 4.17. The van der Waals surface area contributed by atoms with E-state index in [1.54, 1.807) is 0 Å². The van der Waals surface area contributed by atoms with E-state index < -0.39 is 0 Å². The zero-order chi connectivity index (χ0) is 13.8. The Hall–Kier alpha value is -2.43. The van der Waals surface area contributed by atoms with Crippen LogP contribution in [0.5, 0.6) is 5.88 Å². The number of amides is 1. The first-order valence-corrected chi connectivity index (χ1v) is 5.85. The average Bonchev–Trinajstić information content (AvgIpc) is 2.43. The lowest BCUT2D eigenvalue weighted by Gasteiger charge is -2.11. The first-order valence-electron chi connectivity index (χ1n) is 5.85. The Balaban J connectivity index is 2.25. The minimum absolute atomic E-state index is 0.273. The van der Waals surface area contributed by atoms with Gasteiger partial charge in [-0.15, -0.1) is 0 Å². The van der Waals surface area contributed by atoms with Crippen molar-refractivity contribution >= 4 is 11.6 Å². The predicted molar refractivity (Wildman–Crippen MR) is 72.5 cm³/mol. The summed E-state index contributed by atoms with van der Waals surface area (Å²) >= 11 is 0. The van der Waals surface area contributed by atoms with Gasteiger partial charge in [0.25, 0.3) is 5.91 Å². The molecule has 2 aromatic rings. The van der Waals surface area contributed by atoms with E-state index in [2.05, 4.69) is 15.3 Å². The van der Waals surface area contributed by atoms with Gasteiger partial charge in [-0.05, 0) is 25.0 Å². The van der Waals surface area contributed by atoms with Gasteiger partial charge in [0.2, 0.25) is 5.88 Å². The standard InChI is InChI=1S/C14H15N3O2/c1-9-5-4-6-10(2)13(9)17-14(18)11-7-12(19-3)16-8-15-11/h4-8H,1-3H3,(H,17,18). The number of nitrogens with one attached hydrogen (secondary N) is 1. The number of hydrogen-bond donors (Lipinski definition) is 1. The number of carbonyl (C=O) groups is 1. The summed E-state index contributed by atoms with van der Waals surface area (Å²) in [4.78, 5) is 19.9. The van der Waals surface area contributed by atoms with E-state index in [1.807, 2.05) is 32.0 Å². The summed E-state index contributed by atoms with van der Waals surface area (Å²) in [6, 6.07) is 7.35. The monoisotopic (exact) mass is 257 g/mol. The zero-order valence-electron chi connectivity index (χ0n) is 11.1. The number of aryl methyl sites for hydroxylation is 2. The van der Waals surface area contributed by atoms with Crippen LogP contribution in [0.4, 0.5) is 5.69 Å². The number of aromatic nitrogens is 2. The Labute approximate surface area is 111 Å². The van der Waals surface area contributed by atoms with Crippen LogP contribution in [-0.2, 0) is 0 Å². The summed E-state index contributed by atoms with van der Waals surface area (Å²) in [7, 11) is 1.50. The number of para-hydroxylation sites is 1. The van der Waals surface area contributed by atoms with Crippen molar-refractivity contribution in [1.29, 1.82) is 0 Å². The molecule has 0 bridgehead atoms. The van der Waals surface area contributed by atoms with Gasteiger partial charge in [0.15, 0.2) is 0 Å². The molecule has 1 heterocycles. The van der Waals surface area contributed by atoms with E-state index in [-0.39, 0.29) is 11.6 Å². The molecule has 1 aromatic heterocycles. The molecule has 19 heavy (non-hydrogen) atoms. The van der Waals surface area contributed by atoms with Crippen molar-refractivity contribution in [2.24, 2.45) is 0 Å². The van der Waals surface area contributed by atoms with Gasteiger partial charge in [-0.3, -0.25) is 4.79 Å². The largest absolute Gasteiger partial charge is 0.481 e. The van der Waals surface area contributed by atoms with Crippen LogP contribution in [-0.4, -0.2) is 23.0 Å². The van der Waals surface area contributed by atoms with Crippen molar-refractivity contribution in [1.82, 2.24) is 9.97 Å². The van der Waals surface area contributed by atoms with Gasteiger partial charge < -0.3 is 10.1 Å². The quantitative estimate of drug-likeness (QED) is 0.916. The molecule has 0 unspecified atom stereocenters. The van der Waals surface area contributed by atoms with Gasteiger partial charge in [-0.1, -0.05) is 18.2 Å². The molecule has 1 amide bonds. The highest BCUT2D eigenvalue weighted by Gasteiger charge is 2.11. The highest BCUT2D eigenvalue weighted by molar-refractivity contribution is 6.03. The molecule has 5 heteroatoms. The first kappa shape index (κ1) is 13.0. The van der Waals surface area contributed by atoms with E-state index in [1.165, 1.54) is 19.5 Å². The summed E-state index contributed by atoms with van der Waals surface area (Å²) in [5.74, 6) is 0.0831. The van der Waals surface area contributed by atoms with Crippen LogP contribution in [0.2, 0.25) is 0 Å². The topological polar surface area (TPSA) is 64.1 Å². The van der Waals surface area contributed by atoms with E-state index in [9.17, 15) is 4.79 Å². The lowest BCUT2D eigenvalue weighted by molar-refractivity contribution is 0.102. The number of nitrogens with zero attached hydrogens (tertiary/aromatic N) is 2. The molecule has 5 nitrogen and oxygen atoms in total. The van der Waals surface area contributed by atoms with E-state index in [0.717, 1.165) is 16.8 Å². The Morgan fingerprint density at radius 2 is 1.89 bits per heavy atom. The van der Waals surface area contributed by atoms with Gasteiger partial charge in [0, 0.05) is 11.8 Å². The predicted octanol–water partition coefficient (Wildman–Crippen LogP) is 2.35. The van der Waals surface area contributed by atoms with E-state index >= 15 is 0 Å². The summed E-state index contributed by atoms with van der Waals surface area (Å²) in [5.41, 5.74) is 3.10. The molecular formula is C14H15N3O2. The molecule has 1 aromatic carbocycles. The van der Waals surface area contributed by atoms with Gasteiger partial charge in [-0.2, -0.15) is 0 Å².